The Morgan fingerprint density at radius 1 is 0.730 bits per heavy atom. The second-order valence-electron chi connectivity index (χ2n) is 9.55. The summed E-state index contributed by atoms with van der Waals surface area (Å²) in [6.07, 6.45) is 2.57. The highest BCUT2D eigenvalue weighted by Crippen LogP contribution is 2.33. The normalized spacial score (nSPS) is 12.8. The van der Waals surface area contributed by atoms with Crippen molar-refractivity contribution in [2.45, 2.75) is 67.2 Å². The predicted molar refractivity (Wildman–Crippen MR) is 157 cm³/mol. The molecule has 0 spiro atoms. The molecule has 0 aliphatic carbocycles. The molecule has 202 valence electrons. The maximum atomic E-state index is 12.5. The van der Waals surface area contributed by atoms with E-state index in [1.54, 1.807) is 23.5 Å². The van der Waals surface area contributed by atoms with Gasteiger partial charge in [-0.1, -0.05) is 77.3 Å². The van der Waals surface area contributed by atoms with Gasteiger partial charge in [-0.25, -0.2) is 4.79 Å². The fourth-order valence-electron chi connectivity index (χ4n) is 3.59. The fourth-order valence-corrected chi connectivity index (χ4v) is 5.79. The quantitative estimate of drug-likeness (QED) is 0.0471. The Kier molecular flexibility index (Phi) is 14.6. The maximum Gasteiger partial charge on any atom is 0.334 e. The SMILES string of the molecule is C=C(OCOCCCCCOC(=O)C(=C)C(Sc1ccccc1)C(C)C)C(Sc1ccccc1)C(C)C. The van der Waals surface area contributed by atoms with Crippen molar-refractivity contribution in [3.63, 3.8) is 0 Å². The van der Waals surface area contributed by atoms with E-state index >= 15 is 0 Å². The van der Waals surface area contributed by atoms with Gasteiger partial charge >= 0.3 is 5.97 Å². The van der Waals surface area contributed by atoms with Crippen LogP contribution in [0.2, 0.25) is 0 Å². The molecule has 0 amide bonds. The molecule has 0 N–H and O–H groups in total. The first-order valence-electron chi connectivity index (χ1n) is 13.0. The summed E-state index contributed by atoms with van der Waals surface area (Å²) in [6.45, 7) is 17.9. The van der Waals surface area contributed by atoms with Crippen LogP contribution in [0.4, 0.5) is 0 Å². The average molecular weight is 543 g/mol. The molecule has 2 rings (SSSR count). The number of ether oxygens (including phenoxy) is 3. The van der Waals surface area contributed by atoms with Gasteiger partial charge in [-0.2, -0.15) is 0 Å². The van der Waals surface area contributed by atoms with Crippen LogP contribution < -0.4 is 0 Å². The lowest BCUT2D eigenvalue weighted by molar-refractivity contribution is -0.139. The zero-order valence-electron chi connectivity index (χ0n) is 22.7. The fraction of sp³-hybridized carbons (Fsp3) is 0.452. The van der Waals surface area contributed by atoms with Crippen molar-refractivity contribution in [1.29, 1.82) is 0 Å². The number of hydrogen-bond donors (Lipinski definition) is 0. The number of carbonyl (C=O) groups excluding carboxylic acids is 1. The number of esters is 1. The topological polar surface area (TPSA) is 44.8 Å². The van der Waals surface area contributed by atoms with Crippen LogP contribution in [0.1, 0.15) is 47.0 Å². The number of unbranched alkanes of at least 4 members (excludes halogenated alkanes) is 2. The van der Waals surface area contributed by atoms with E-state index in [2.05, 4.69) is 53.0 Å². The molecular formula is C31H42O4S2. The van der Waals surface area contributed by atoms with E-state index < -0.39 is 0 Å². The molecule has 2 unspecified atom stereocenters. The van der Waals surface area contributed by atoms with E-state index in [0.717, 1.165) is 29.9 Å². The highest BCUT2D eigenvalue weighted by molar-refractivity contribution is 8.00. The second kappa shape index (κ2) is 17.4. The zero-order valence-corrected chi connectivity index (χ0v) is 24.3. The molecule has 0 heterocycles. The van der Waals surface area contributed by atoms with Gasteiger partial charge in [0.2, 0.25) is 0 Å². The Bertz CT molecular complexity index is 944. The molecule has 0 aliphatic rings. The molecule has 37 heavy (non-hydrogen) atoms. The Hall–Kier alpha value is -2.15. The van der Waals surface area contributed by atoms with Gasteiger partial charge in [0, 0.05) is 20.6 Å². The summed E-state index contributed by atoms with van der Waals surface area (Å²) in [5, 5.41) is 0.149. The van der Waals surface area contributed by atoms with E-state index in [0.29, 0.717) is 24.7 Å². The lowest BCUT2D eigenvalue weighted by Crippen LogP contribution is -2.22. The van der Waals surface area contributed by atoms with Gasteiger partial charge in [-0.15, -0.1) is 23.5 Å². The van der Waals surface area contributed by atoms with Crippen LogP contribution in [0.3, 0.4) is 0 Å². The average Bonchev–Trinajstić information content (AvgIpc) is 2.89. The van der Waals surface area contributed by atoms with Gasteiger partial charge in [-0.3, -0.25) is 0 Å². The minimum atomic E-state index is -0.307. The Balaban J connectivity index is 1.58. The smallest absolute Gasteiger partial charge is 0.334 e. The second-order valence-corrected chi connectivity index (χ2v) is 12.0. The highest BCUT2D eigenvalue weighted by Gasteiger charge is 2.24. The molecule has 0 saturated carbocycles. The molecule has 2 aromatic rings. The third-order valence-corrected chi connectivity index (χ3v) is 8.87. The molecular weight excluding hydrogens is 500 g/mol. The summed E-state index contributed by atoms with van der Waals surface area (Å²) >= 11 is 3.42. The Labute approximate surface area is 232 Å². The van der Waals surface area contributed by atoms with Crippen molar-refractivity contribution in [1.82, 2.24) is 0 Å². The van der Waals surface area contributed by atoms with E-state index in [1.165, 1.54) is 4.90 Å². The van der Waals surface area contributed by atoms with Crippen LogP contribution in [-0.2, 0) is 19.0 Å². The van der Waals surface area contributed by atoms with Crippen molar-refractivity contribution >= 4 is 29.5 Å². The van der Waals surface area contributed by atoms with Gasteiger partial charge in [0.25, 0.3) is 0 Å². The van der Waals surface area contributed by atoms with Gasteiger partial charge in [0.05, 0.1) is 18.5 Å². The van der Waals surface area contributed by atoms with Crippen molar-refractivity contribution in [3.8, 4) is 0 Å². The van der Waals surface area contributed by atoms with Gasteiger partial charge in [-0.05, 0) is 55.4 Å². The lowest BCUT2D eigenvalue weighted by atomic mass is 10.0. The molecule has 0 radical (unpaired) electrons. The van der Waals surface area contributed by atoms with Gasteiger partial charge in [0.1, 0.15) is 5.76 Å². The van der Waals surface area contributed by atoms with Crippen molar-refractivity contribution in [2.75, 3.05) is 20.0 Å². The van der Waals surface area contributed by atoms with E-state index in [-0.39, 0.29) is 29.2 Å². The van der Waals surface area contributed by atoms with Crippen LogP contribution in [0.15, 0.2) is 94.9 Å². The molecule has 2 aromatic carbocycles. The van der Waals surface area contributed by atoms with E-state index in [4.69, 9.17) is 14.2 Å². The number of benzene rings is 2. The Morgan fingerprint density at radius 3 is 1.78 bits per heavy atom. The first kappa shape index (κ1) is 31.1. The van der Waals surface area contributed by atoms with Crippen LogP contribution in [0, 0.1) is 11.8 Å². The molecule has 0 saturated heterocycles. The van der Waals surface area contributed by atoms with Crippen LogP contribution in [0.5, 0.6) is 0 Å². The summed E-state index contributed by atoms with van der Waals surface area (Å²) in [6, 6.07) is 20.4. The molecule has 6 heteroatoms. The largest absolute Gasteiger partial charge is 0.471 e. The monoisotopic (exact) mass is 542 g/mol. The third kappa shape index (κ3) is 11.8. The van der Waals surface area contributed by atoms with E-state index in [9.17, 15) is 4.79 Å². The summed E-state index contributed by atoms with van der Waals surface area (Å²) in [4.78, 5) is 14.9. The summed E-state index contributed by atoms with van der Waals surface area (Å²) < 4.78 is 16.9. The molecule has 2 atom stereocenters. The standard InChI is InChI=1S/C31H42O4S2/c1-23(2)29(36-27-16-10-7-11-17-27)25(5)31(32)34-21-15-9-14-20-33-22-35-26(6)30(24(3)4)37-28-18-12-8-13-19-28/h7-8,10-13,16-19,23-24,29-30H,5-6,9,14-15,20-22H2,1-4H3. The summed E-state index contributed by atoms with van der Waals surface area (Å²) in [7, 11) is 0. The lowest BCUT2D eigenvalue weighted by Gasteiger charge is -2.23. The first-order chi connectivity index (χ1) is 17.8. The zero-order chi connectivity index (χ0) is 27.0. The van der Waals surface area contributed by atoms with E-state index in [1.807, 2.05) is 48.5 Å². The van der Waals surface area contributed by atoms with Crippen molar-refractivity contribution < 1.29 is 19.0 Å². The van der Waals surface area contributed by atoms with Gasteiger partial charge < -0.3 is 14.2 Å². The number of carbonyl (C=O) groups is 1. The Morgan fingerprint density at radius 2 is 1.24 bits per heavy atom. The minimum absolute atomic E-state index is 0.0144. The van der Waals surface area contributed by atoms with Crippen molar-refractivity contribution in [2.24, 2.45) is 11.8 Å². The molecule has 4 nitrogen and oxygen atoms in total. The number of thioether (sulfide) groups is 2. The summed E-state index contributed by atoms with van der Waals surface area (Å²) in [5.41, 5.74) is 0.523. The van der Waals surface area contributed by atoms with Gasteiger partial charge in [0.15, 0.2) is 6.79 Å². The summed E-state index contributed by atoms with van der Waals surface area (Å²) in [5.74, 6) is 1.09. The molecule has 0 fully saturated rings. The molecule has 0 aromatic heterocycles. The minimum Gasteiger partial charge on any atom is -0.471 e. The highest BCUT2D eigenvalue weighted by atomic mass is 32.2. The maximum absolute atomic E-state index is 12.5. The number of rotatable bonds is 18. The number of hydrogen-bond acceptors (Lipinski definition) is 6. The van der Waals surface area contributed by atoms with Crippen LogP contribution >= 0.6 is 23.5 Å². The van der Waals surface area contributed by atoms with Crippen LogP contribution in [0.25, 0.3) is 0 Å². The first-order valence-corrected chi connectivity index (χ1v) is 14.7. The van der Waals surface area contributed by atoms with Crippen LogP contribution in [-0.4, -0.2) is 36.5 Å². The third-order valence-electron chi connectivity index (χ3n) is 5.64. The molecule has 0 aliphatic heterocycles. The van der Waals surface area contributed by atoms with Crippen molar-refractivity contribution in [3.05, 3.63) is 85.2 Å². The molecule has 0 bridgehead atoms. The predicted octanol–water partition coefficient (Wildman–Crippen LogP) is 8.39.